The van der Waals surface area contributed by atoms with Crippen LogP contribution in [0.3, 0.4) is 0 Å². The maximum Gasteiger partial charge on any atom is 0.329 e. The van der Waals surface area contributed by atoms with Crippen molar-refractivity contribution < 1.29 is 14.6 Å². The smallest absolute Gasteiger partial charge is 0.329 e. The molecule has 0 saturated carbocycles. The van der Waals surface area contributed by atoms with Crippen molar-refractivity contribution in [2.45, 2.75) is 50.0 Å². The number of carboxylic acid groups (broad SMARTS) is 1. The molecule has 104 valence electrons. The van der Waals surface area contributed by atoms with Gasteiger partial charge in [0.15, 0.2) is 0 Å². The fraction of sp³-hybridized carbons (Fsp3) is 0.923. The van der Waals surface area contributed by atoms with Crippen molar-refractivity contribution in [1.82, 2.24) is 4.90 Å². The average molecular weight is 273 g/mol. The van der Waals surface area contributed by atoms with E-state index in [1.165, 1.54) is 18.6 Å². The molecule has 0 spiro atoms. The fourth-order valence-electron chi connectivity index (χ4n) is 2.95. The number of carboxylic acids is 1. The molecule has 2 aliphatic heterocycles. The van der Waals surface area contributed by atoms with E-state index in [0.717, 1.165) is 31.2 Å². The average Bonchev–Trinajstić information content (AvgIpc) is 2.38. The summed E-state index contributed by atoms with van der Waals surface area (Å²) < 4.78 is 5.38. The first-order valence-electron chi connectivity index (χ1n) is 6.86. The Morgan fingerprint density at radius 2 is 2.11 bits per heavy atom. The Balaban J connectivity index is 1.74. The second kappa shape index (κ2) is 6.78. The van der Waals surface area contributed by atoms with Crippen molar-refractivity contribution in [2.24, 2.45) is 0 Å². The Bertz CT molecular complexity index is 279. The van der Waals surface area contributed by atoms with Crippen LogP contribution in [0.4, 0.5) is 0 Å². The lowest BCUT2D eigenvalue weighted by Crippen LogP contribution is -2.48. The number of likely N-dealkylation sites (tertiary alicyclic amines) is 1. The molecule has 18 heavy (non-hydrogen) atoms. The van der Waals surface area contributed by atoms with Crippen molar-refractivity contribution in [3.63, 3.8) is 0 Å². The van der Waals surface area contributed by atoms with Crippen LogP contribution in [-0.4, -0.2) is 58.8 Å². The van der Waals surface area contributed by atoms with Crippen LogP contribution in [0.2, 0.25) is 0 Å². The number of piperidine rings is 1. The summed E-state index contributed by atoms with van der Waals surface area (Å²) >= 11 is 2.08. The highest BCUT2D eigenvalue weighted by atomic mass is 32.2. The van der Waals surface area contributed by atoms with Gasteiger partial charge in [-0.2, -0.15) is 11.8 Å². The molecule has 2 rings (SSSR count). The Labute approximate surface area is 113 Å². The first-order valence-corrected chi connectivity index (χ1v) is 7.90. The minimum absolute atomic E-state index is 0.142. The summed E-state index contributed by atoms with van der Waals surface area (Å²) in [6.07, 6.45) is 4.73. The lowest BCUT2D eigenvalue weighted by molar-refractivity contribution is -0.145. The molecule has 0 aliphatic carbocycles. The zero-order chi connectivity index (χ0) is 13.0. The molecule has 0 aromatic heterocycles. The highest BCUT2D eigenvalue weighted by molar-refractivity contribution is 7.99. The van der Waals surface area contributed by atoms with Gasteiger partial charge in [0.2, 0.25) is 0 Å². The molecular weight excluding hydrogens is 250 g/mol. The first-order chi connectivity index (χ1) is 8.66. The van der Waals surface area contributed by atoms with Gasteiger partial charge in [0.25, 0.3) is 0 Å². The number of aliphatic carboxylic acids is 1. The molecule has 2 saturated heterocycles. The van der Waals surface area contributed by atoms with Crippen LogP contribution >= 0.6 is 11.8 Å². The zero-order valence-electron chi connectivity index (χ0n) is 11.0. The van der Waals surface area contributed by atoms with Gasteiger partial charge in [-0.25, -0.2) is 4.79 Å². The number of thioether (sulfide) groups is 1. The van der Waals surface area contributed by atoms with Crippen LogP contribution in [0, 0.1) is 0 Å². The lowest BCUT2D eigenvalue weighted by Gasteiger charge is -2.41. The summed E-state index contributed by atoms with van der Waals surface area (Å²) in [7, 11) is 0. The Kier molecular flexibility index (Phi) is 5.33. The van der Waals surface area contributed by atoms with Gasteiger partial charge in [-0.15, -0.1) is 0 Å². The normalized spacial score (nSPS) is 31.4. The van der Waals surface area contributed by atoms with Crippen molar-refractivity contribution in [1.29, 1.82) is 0 Å². The van der Waals surface area contributed by atoms with Gasteiger partial charge >= 0.3 is 5.97 Å². The van der Waals surface area contributed by atoms with Crippen molar-refractivity contribution >= 4 is 17.7 Å². The minimum Gasteiger partial charge on any atom is -0.480 e. The van der Waals surface area contributed by atoms with Gasteiger partial charge in [-0.1, -0.05) is 6.92 Å². The summed E-state index contributed by atoms with van der Waals surface area (Å²) in [6, 6.07) is 0.712. The summed E-state index contributed by atoms with van der Waals surface area (Å²) in [5.41, 5.74) is 0. The second-order valence-electron chi connectivity index (χ2n) is 5.23. The maximum absolute atomic E-state index is 10.5. The monoisotopic (exact) mass is 273 g/mol. The van der Waals surface area contributed by atoms with Crippen LogP contribution in [0.1, 0.15) is 32.6 Å². The van der Waals surface area contributed by atoms with E-state index in [1.54, 1.807) is 0 Å². The molecule has 0 bridgehead atoms. The molecule has 2 unspecified atom stereocenters. The lowest BCUT2D eigenvalue weighted by atomic mass is 10.0. The summed E-state index contributed by atoms with van der Waals surface area (Å²) in [6.45, 7) is 4.29. The number of hydrogen-bond donors (Lipinski definition) is 1. The summed E-state index contributed by atoms with van der Waals surface area (Å²) in [4.78, 5) is 13.0. The van der Waals surface area contributed by atoms with Gasteiger partial charge in [-0.05, 0) is 31.4 Å². The number of rotatable bonds is 4. The predicted molar refractivity (Wildman–Crippen MR) is 73.1 cm³/mol. The molecule has 0 amide bonds. The number of ether oxygens (including phenoxy) is 1. The summed E-state index contributed by atoms with van der Waals surface area (Å²) in [5.74, 6) is 0.435. The standard InChI is InChI=1S/C13H23NO3S/c1-10-12(3-2-8-18-10)14-6-4-11(5-7-14)17-9-13(15)16/h10-12H,2-9H2,1H3,(H,15,16). The topological polar surface area (TPSA) is 49.8 Å². The van der Waals surface area contributed by atoms with Crippen molar-refractivity contribution in [3.05, 3.63) is 0 Å². The molecular formula is C13H23NO3S. The molecule has 4 nitrogen and oxygen atoms in total. The van der Waals surface area contributed by atoms with Gasteiger partial charge in [0, 0.05) is 24.4 Å². The molecule has 2 heterocycles. The van der Waals surface area contributed by atoms with Crippen LogP contribution in [0.25, 0.3) is 0 Å². The van der Waals surface area contributed by atoms with Crippen LogP contribution in [0.5, 0.6) is 0 Å². The van der Waals surface area contributed by atoms with E-state index in [4.69, 9.17) is 9.84 Å². The van der Waals surface area contributed by atoms with Gasteiger partial charge < -0.3 is 9.84 Å². The van der Waals surface area contributed by atoms with E-state index in [9.17, 15) is 4.79 Å². The molecule has 2 fully saturated rings. The van der Waals surface area contributed by atoms with E-state index >= 15 is 0 Å². The first kappa shape index (κ1) is 14.2. The van der Waals surface area contributed by atoms with Gasteiger partial charge in [0.05, 0.1) is 6.10 Å². The third-order valence-electron chi connectivity index (χ3n) is 3.95. The molecule has 0 radical (unpaired) electrons. The Morgan fingerprint density at radius 3 is 2.72 bits per heavy atom. The highest BCUT2D eigenvalue weighted by Crippen LogP contribution is 2.30. The number of hydrogen-bond acceptors (Lipinski definition) is 4. The van der Waals surface area contributed by atoms with Crippen LogP contribution in [-0.2, 0) is 9.53 Å². The molecule has 2 aliphatic rings. The van der Waals surface area contributed by atoms with Crippen molar-refractivity contribution in [3.8, 4) is 0 Å². The molecule has 1 N–H and O–H groups in total. The third kappa shape index (κ3) is 3.87. The quantitative estimate of drug-likeness (QED) is 0.847. The highest BCUT2D eigenvalue weighted by Gasteiger charge is 2.30. The van der Waals surface area contributed by atoms with Crippen molar-refractivity contribution in [2.75, 3.05) is 25.4 Å². The van der Waals surface area contributed by atoms with E-state index in [-0.39, 0.29) is 12.7 Å². The maximum atomic E-state index is 10.5. The molecule has 0 aromatic rings. The minimum atomic E-state index is -0.866. The van der Waals surface area contributed by atoms with E-state index in [0.29, 0.717) is 6.04 Å². The molecule has 2 atom stereocenters. The van der Waals surface area contributed by atoms with Gasteiger partial charge in [-0.3, -0.25) is 4.90 Å². The van der Waals surface area contributed by atoms with E-state index in [2.05, 4.69) is 23.6 Å². The SMILES string of the molecule is CC1SCCCC1N1CCC(OCC(=O)O)CC1. The molecule has 0 aromatic carbocycles. The zero-order valence-corrected chi connectivity index (χ0v) is 11.8. The fourth-order valence-corrected chi connectivity index (χ4v) is 4.19. The molecule has 5 heteroatoms. The van der Waals surface area contributed by atoms with Gasteiger partial charge in [0.1, 0.15) is 6.61 Å². The number of carbonyl (C=O) groups is 1. The second-order valence-corrected chi connectivity index (χ2v) is 6.71. The third-order valence-corrected chi connectivity index (χ3v) is 5.32. The summed E-state index contributed by atoms with van der Waals surface area (Å²) in [5, 5.41) is 9.33. The Hall–Kier alpha value is -0.260. The van der Waals surface area contributed by atoms with E-state index < -0.39 is 5.97 Å². The van der Waals surface area contributed by atoms with E-state index in [1.807, 2.05) is 0 Å². The predicted octanol–water partition coefficient (Wildman–Crippen LogP) is 1.84. The largest absolute Gasteiger partial charge is 0.480 e. The van der Waals surface area contributed by atoms with Crippen LogP contribution in [0.15, 0.2) is 0 Å². The Morgan fingerprint density at radius 1 is 1.39 bits per heavy atom. The van der Waals surface area contributed by atoms with Crippen LogP contribution < -0.4 is 0 Å². The number of nitrogens with zero attached hydrogens (tertiary/aromatic N) is 1.